The van der Waals surface area contributed by atoms with Gasteiger partial charge in [-0.3, -0.25) is 5.21 Å². The molecule has 6 heavy (non-hydrogen) atoms. The Morgan fingerprint density at radius 3 is 1.83 bits per heavy atom. The van der Waals surface area contributed by atoms with Crippen molar-refractivity contribution >= 4 is 6.09 Å². The molecule has 0 aromatic heterocycles. The normalized spacial score (nSPS) is 5.50. The maximum absolute atomic E-state index is 9.01. The van der Waals surface area contributed by atoms with Gasteiger partial charge in [0, 0.05) is 0 Å². The van der Waals surface area contributed by atoms with Gasteiger partial charge < -0.3 is 10.6 Å². The van der Waals surface area contributed by atoms with E-state index in [1.54, 1.807) is 0 Å². The summed E-state index contributed by atoms with van der Waals surface area (Å²) in [5.41, 5.74) is 0.944. The third kappa shape index (κ3) is 10.8. The van der Waals surface area contributed by atoms with Crippen molar-refractivity contribution in [1.82, 2.24) is 5.48 Å². The maximum Gasteiger partial charge on any atom is 0.428 e. The Morgan fingerprint density at radius 1 is 1.67 bits per heavy atom. The molecule has 0 unspecified atom stereocenters. The Morgan fingerprint density at radius 2 is 1.83 bits per heavy atom. The van der Waals surface area contributed by atoms with Gasteiger partial charge in [-0.25, -0.2) is 10.3 Å². The molecule has 0 fully saturated rings. The summed E-state index contributed by atoms with van der Waals surface area (Å²) in [5.74, 6) is 0. The molecule has 0 aromatic carbocycles. The van der Waals surface area contributed by atoms with Crippen LogP contribution >= 0.6 is 0 Å². The monoisotopic (exact) mass is 95.0 g/mol. The first-order valence-electron chi connectivity index (χ1n) is 0.901. The van der Waals surface area contributed by atoms with E-state index >= 15 is 0 Å². The van der Waals surface area contributed by atoms with Gasteiger partial charge in [-0.05, 0) is 0 Å². The fraction of sp³-hybridized carbons (Fsp3) is 0. The predicted octanol–water partition coefficient (Wildman–Crippen LogP) is -1.18. The molecule has 0 aromatic rings. The van der Waals surface area contributed by atoms with E-state index in [1.807, 2.05) is 0 Å². The largest absolute Gasteiger partial charge is 0.464 e. The maximum atomic E-state index is 9.01. The van der Waals surface area contributed by atoms with Crippen molar-refractivity contribution in [2.75, 3.05) is 0 Å². The second-order valence-electron chi connectivity index (χ2n) is 0.417. The van der Waals surface area contributed by atoms with Crippen molar-refractivity contribution in [2.24, 2.45) is 0 Å². The molecule has 0 radical (unpaired) electrons. The van der Waals surface area contributed by atoms with Crippen molar-refractivity contribution in [1.29, 1.82) is 0 Å². The van der Waals surface area contributed by atoms with E-state index in [0.29, 0.717) is 0 Å². The molecule has 5 heteroatoms. The second kappa shape index (κ2) is 4.19. The Bertz CT molecular complexity index is 42.8. The third-order valence-corrected chi connectivity index (χ3v) is 0.0956. The zero-order valence-electron chi connectivity index (χ0n) is 2.80. The second-order valence-corrected chi connectivity index (χ2v) is 0.417. The first-order chi connectivity index (χ1) is 2.27. The van der Waals surface area contributed by atoms with Crippen LogP contribution in [0.15, 0.2) is 0 Å². The number of nitrogens with one attached hydrogen (secondary N) is 1. The smallest absolute Gasteiger partial charge is 0.428 e. The first kappa shape index (κ1) is 8.95. The summed E-state index contributed by atoms with van der Waals surface area (Å²) in [6.45, 7) is 0. The number of rotatable bonds is 0. The van der Waals surface area contributed by atoms with Crippen LogP contribution < -0.4 is 5.48 Å². The summed E-state index contributed by atoms with van der Waals surface area (Å²) in [4.78, 5) is 9.01. The van der Waals surface area contributed by atoms with Gasteiger partial charge in [0.15, 0.2) is 0 Å². The van der Waals surface area contributed by atoms with Crippen LogP contribution in [0.4, 0.5) is 4.79 Å². The van der Waals surface area contributed by atoms with Crippen LogP contribution in [0, 0.1) is 0 Å². The summed E-state index contributed by atoms with van der Waals surface area (Å²) < 4.78 is 0. The molecular weight excluding hydrogens is 90.0 g/mol. The van der Waals surface area contributed by atoms with Gasteiger partial charge in [0.05, 0.1) is 0 Å². The molecule has 5 nitrogen and oxygen atoms in total. The molecule has 1 amide bonds. The number of hydrogen-bond donors (Lipinski definition) is 3. The highest BCUT2D eigenvalue weighted by Crippen LogP contribution is 1.45. The van der Waals surface area contributed by atoms with Gasteiger partial charge in [0.25, 0.3) is 0 Å². The SMILES string of the molecule is O.O=C(O)NO. The van der Waals surface area contributed by atoms with E-state index < -0.39 is 6.09 Å². The molecule has 0 rings (SSSR count). The van der Waals surface area contributed by atoms with E-state index in [0.717, 1.165) is 5.48 Å². The molecule has 0 bridgehead atoms. The summed E-state index contributed by atoms with van der Waals surface area (Å²) in [6, 6.07) is 0. The van der Waals surface area contributed by atoms with Gasteiger partial charge in [-0.1, -0.05) is 0 Å². The Hall–Kier alpha value is -0.810. The average Bonchev–Trinajstić information content (AvgIpc) is 1.38. The van der Waals surface area contributed by atoms with Crippen molar-refractivity contribution in [3.63, 3.8) is 0 Å². The van der Waals surface area contributed by atoms with Crippen molar-refractivity contribution in [3.05, 3.63) is 0 Å². The number of carbonyl (C=O) groups is 1. The van der Waals surface area contributed by atoms with Crippen LogP contribution in [0.1, 0.15) is 0 Å². The highest BCUT2D eigenvalue weighted by molar-refractivity contribution is 5.62. The summed E-state index contributed by atoms with van der Waals surface area (Å²) in [5, 5.41) is 14.7. The summed E-state index contributed by atoms with van der Waals surface area (Å²) in [6.07, 6.45) is -1.44. The Kier molecular flexibility index (Phi) is 6.25. The molecule has 0 atom stereocenters. The molecule has 0 aliphatic heterocycles. The molecular formula is CH5NO4. The van der Waals surface area contributed by atoms with E-state index in [2.05, 4.69) is 0 Å². The number of hydrogen-bond acceptors (Lipinski definition) is 2. The van der Waals surface area contributed by atoms with Crippen molar-refractivity contribution < 1.29 is 20.6 Å². The Balaban J connectivity index is 0. The van der Waals surface area contributed by atoms with Crippen molar-refractivity contribution in [2.45, 2.75) is 0 Å². The minimum Gasteiger partial charge on any atom is -0.464 e. The van der Waals surface area contributed by atoms with Crippen LogP contribution in [-0.2, 0) is 0 Å². The van der Waals surface area contributed by atoms with Gasteiger partial charge in [-0.2, -0.15) is 0 Å². The van der Waals surface area contributed by atoms with E-state index in [1.165, 1.54) is 0 Å². The highest BCUT2D eigenvalue weighted by Gasteiger charge is 1.79. The van der Waals surface area contributed by atoms with Gasteiger partial charge in [0.1, 0.15) is 0 Å². The number of hydroxylamine groups is 1. The fourth-order valence-corrected chi connectivity index (χ4v) is 0. The van der Waals surface area contributed by atoms with E-state index in [9.17, 15) is 0 Å². The lowest BCUT2D eigenvalue weighted by Crippen LogP contribution is -2.14. The van der Waals surface area contributed by atoms with Gasteiger partial charge in [0.2, 0.25) is 0 Å². The molecule has 0 aliphatic rings. The summed E-state index contributed by atoms with van der Waals surface area (Å²) >= 11 is 0. The zero-order valence-corrected chi connectivity index (χ0v) is 2.80. The first-order valence-corrected chi connectivity index (χ1v) is 0.901. The highest BCUT2D eigenvalue weighted by atomic mass is 16.5. The molecule has 0 heterocycles. The molecule has 38 valence electrons. The molecule has 0 saturated carbocycles. The minimum atomic E-state index is -1.44. The number of carboxylic acid groups (broad SMARTS) is 1. The number of amides is 1. The van der Waals surface area contributed by atoms with Crippen LogP contribution in [-0.4, -0.2) is 21.9 Å². The zero-order chi connectivity index (χ0) is 4.28. The van der Waals surface area contributed by atoms with E-state index in [4.69, 9.17) is 15.1 Å². The van der Waals surface area contributed by atoms with Crippen LogP contribution in [0.2, 0.25) is 0 Å². The van der Waals surface area contributed by atoms with E-state index in [-0.39, 0.29) is 5.48 Å². The summed E-state index contributed by atoms with van der Waals surface area (Å²) in [7, 11) is 0. The molecule has 0 saturated heterocycles. The lowest BCUT2D eigenvalue weighted by molar-refractivity contribution is 0.122. The lowest BCUT2D eigenvalue weighted by atomic mass is 11.3. The Labute approximate surface area is 33.5 Å². The minimum absolute atomic E-state index is 0. The van der Waals surface area contributed by atoms with Crippen molar-refractivity contribution in [3.8, 4) is 0 Å². The topological polar surface area (TPSA) is 101 Å². The average molecular weight is 95.1 g/mol. The van der Waals surface area contributed by atoms with Crippen LogP contribution in [0.5, 0.6) is 0 Å². The lowest BCUT2D eigenvalue weighted by Gasteiger charge is -1.77. The van der Waals surface area contributed by atoms with Gasteiger partial charge >= 0.3 is 6.09 Å². The molecule has 5 N–H and O–H groups in total. The van der Waals surface area contributed by atoms with Crippen LogP contribution in [0.25, 0.3) is 0 Å². The molecule has 0 spiro atoms. The van der Waals surface area contributed by atoms with Crippen LogP contribution in [0.3, 0.4) is 0 Å². The third-order valence-electron chi connectivity index (χ3n) is 0.0956. The standard InChI is InChI=1S/CH3NO3.H2O/c3-1(4)2-5;/h2,5H,(H,3,4);1H2. The quantitative estimate of drug-likeness (QED) is 0.260. The molecule has 0 aliphatic carbocycles. The predicted molar refractivity (Wildman–Crippen MR) is 16.6 cm³/mol. The fourth-order valence-electron chi connectivity index (χ4n) is 0. The van der Waals surface area contributed by atoms with Gasteiger partial charge in [-0.15, -0.1) is 0 Å².